The standard InChI is InChI=1S/C17H20N2O/c1-18-11-15-6-3-7-16(19-15)12-20-17-9-8-13-4-2-5-14(13)10-17/h3,6-10,18H,2,4-5,11-12H2,1H3. The van der Waals surface area contributed by atoms with Crippen molar-refractivity contribution in [2.45, 2.75) is 32.4 Å². The monoisotopic (exact) mass is 268 g/mol. The summed E-state index contributed by atoms with van der Waals surface area (Å²) in [5.41, 5.74) is 4.94. The number of nitrogens with zero attached hydrogens (tertiary/aromatic N) is 1. The van der Waals surface area contributed by atoms with Gasteiger partial charge in [0.1, 0.15) is 12.4 Å². The number of benzene rings is 1. The molecule has 0 amide bonds. The average Bonchev–Trinajstić information content (AvgIpc) is 2.93. The molecule has 104 valence electrons. The predicted molar refractivity (Wildman–Crippen MR) is 79.8 cm³/mol. The van der Waals surface area contributed by atoms with Gasteiger partial charge in [0, 0.05) is 6.54 Å². The summed E-state index contributed by atoms with van der Waals surface area (Å²) in [7, 11) is 1.93. The molecule has 1 aromatic heterocycles. The van der Waals surface area contributed by atoms with E-state index < -0.39 is 0 Å². The highest BCUT2D eigenvalue weighted by Crippen LogP contribution is 2.26. The maximum Gasteiger partial charge on any atom is 0.130 e. The maximum atomic E-state index is 5.87. The number of hydrogen-bond acceptors (Lipinski definition) is 3. The largest absolute Gasteiger partial charge is 0.487 e. The molecular formula is C17H20N2O. The van der Waals surface area contributed by atoms with Gasteiger partial charge in [-0.05, 0) is 61.7 Å². The predicted octanol–water partition coefficient (Wildman–Crippen LogP) is 2.87. The number of hydrogen-bond donors (Lipinski definition) is 1. The number of aryl methyl sites for hydroxylation is 2. The van der Waals surface area contributed by atoms with E-state index in [9.17, 15) is 0 Å². The minimum atomic E-state index is 0.524. The summed E-state index contributed by atoms with van der Waals surface area (Å²) in [6.45, 7) is 1.31. The van der Waals surface area contributed by atoms with Crippen molar-refractivity contribution in [1.82, 2.24) is 10.3 Å². The number of fused-ring (bicyclic) bond motifs is 1. The Hall–Kier alpha value is -1.87. The van der Waals surface area contributed by atoms with Crippen LogP contribution < -0.4 is 10.1 Å². The summed E-state index contributed by atoms with van der Waals surface area (Å²) in [5, 5.41) is 3.11. The smallest absolute Gasteiger partial charge is 0.130 e. The summed E-state index contributed by atoms with van der Waals surface area (Å²) < 4.78 is 5.87. The van der Waals surface area contributed by atoms with Gasteiger partial charge in [0.05, 0.1) is 11.4 Å². The van der Waals surface area contributed by atoms with E-state index in [0.29, 0.717) is 6.61 Å². The highest BCUT2D eigenvalue weighted by atomic mass is 16.5. The van der Waals surface area contributed by atoms with Crippen molar-refractivity contribution in [1.29, 1.82) is 0 Å². The third kappa shape index (κ3) is 2.99. The van der Waals surface area contributed by atoms with Crippen molar-refractivity contribution in [3.8, 4) is 5.75 Å². The lowest BCUT2D eigenvalue weighted by Crippen LogP contribution is -2.08. The number of rotatable bonds is 5. The minimum absolute atomic E-state index is 0.524. The minimum Gasteiger partial charge on any atom is -0.487 e. The van der Waals surface area contributed by atoms with Gasteiger partial charge in [-0.2, -0.15) is 0 Å². The Bertz CT molecular complexity index is 595. The number of aromatic nitrogens is 1. The lowest BCUT2D eigenvalue weighted by Gasteiger charge is -2.09. The Kier molecular flexibility index (Phi) is 3.97. The first-order valence-electron chi connectivity index (χ1n) is 7.19. The fourth-order valence-corrected chi connectivity index (χ4v) is 2.68. The molecule has 20 heavy (non-hydrogen) atoms. The van der Waals surface area contributed by atoms with Gasteiger partial charge >= 0.3 is 0 Å². The van der Waals surface area contributed by atoms with Gasteiger partial charge in [-0.25, -0.2) is 0 Å². The second kappa shape index (κ2) is 6.06. The van der Waals surface area contributed by atoms with Gasteiger partial charge in [0.2, 0.25) is 0 Å². The van der Waals surface area contributed by atoms with Crippen LogP contribution in [0.1, 0.15) is 28.9 Å². The van der Waals surface area contributed by atoms with Crippen LogP contribution in [-0.4, -0.2) is 12.0 Å². The van der Waals surface area contributed by atoms with Gasteiger partial charge in [-0.3, -0.25) is 4.98 Å². The SMILES string of the molecule is CNCc1cccc(COc2ccc3c(c2)CCC3)n1. The molecule has 1 N–H and O–H groups in total. The van der Waals surface area contributed by atoms with Crippen LogP contribution in [0.15, 0.2) is 36.4 Å². The van der Waals surface area contributed by atoms with Crippen molar-refractivity contribution in [2.24, 2.45) is 0 Å². The van der Waals surface area contributed by atoms with Gasteiger partial charge in [-0.15, -0.1) is 0 Å². The molecule has 1 aliphatic carbocycles. The summed E-state index contributed by atoms with van der Waals surface area (Å²) in [6.07, 6.45) is 3.66. The van der Waals surface area contributed by atoms with Crippen LogP contribution in [0.4, 0.5) is 0 Å². The third-order valence-corrected chi connectivity index (χ3v) is 3.68. The molecule has 3 heteroatoms. The fourth-order valence-electron chi connectivity index (χ4n) is 2.68. The van der Waals surface area contributed by atoms with Gasteiger partial charge < -0.3 is 10.1 Å². The van der Waals surface area contributed by atoms with Gasteiger partial charge in [-0.1, -0.05) is 12.1 Å². The molecule has 0 radical (unpaired) electrons. The van der Waals surface area contributed by atoms with E-state index in [2.05, 4.69) is 28.5 Å². The highest BCUT2D eigenvalue weighted by Gasteiger charge is 2.11. The summed E-state index contributed by atoms with van der Waals surface area (Å²) in [4.78, 5) is 4.56. The van der Waals surface area contributed by atoms with Crippen LogP contribution in [0.25, 0.3) is 0 Å². The molecule has 1 aliphatic rings. The van der Waals surface area contributed by atoms with Crippen LogP contribution >= 0.6 is 0 Å². The zero-order valence-electron chi connectivity index (χ0n) is 11.9. The van der Waals surface area contributed by atoms with E-state index >= 15 is 0 Å². The maximum absolute atomic E-state index is 5.87. The summed E-state index contributed by atoms with van der Waals surface area (Å²) in [6, 6.07) is 12.5. The first kappa shape index (κ1) is 13.1. The van der Waals surface area contributed by atoms with Crippen molar-refractivity contribution < 1.29 is 4.74 Å². The number of ether oxygens (including phenoxy) is 1. The third-order valence-electron chi connectivity index (χ3n) is 3.68. The van der Waals surface area contributed by atoms with E-state index in [1.807, 2.05) is 25.2 Å². The highest BCUT2D eigenvalue weighted by molar-refractivity contribution is 5.38. The second-order valence-corrected chi connectivity index (χ2v) is 5.22. The number of pyridine rings is 1. The van der Waals surface area contributed by atoms with Gasteiger partial charge in [0.25, 0.3) is 0 Å². The Labute approximate surface area is 120 Å². The van der Waals surface area contributed by atoms with E-state index in [1.165, 1.54) is 30.4 Å². The van der Waals surface area contributed by atoms with E-state index in [1.54, 1.807) is 0 Å². The topological polar surface area (TPSA) is 34.1 Å². The lowest BCUT2D eigenvalue weighted by atomic mass is 10.1. The molecule has 0 bridgehead atoms. The van der Waals surface area contributed by atoms with Crippen LogP contribution in [-0.2, 0) is 26.0 Å². The Morgan fingerprint density at radius 2 is 1.95 bits per heavy atom. The molecule has 0 unspecified atom stereocenters. The molecule has 0 aliphatic heterocycles. The zero-order valence-corrected chi connectivity index (χ0v) is 11.9. The van der Waals surface area contributed by atoms with Crippen LogP contribution in [0.5, 0.6) is 5.75 Å². The molecule has 3 rings (SSSR count). The number of nitrogens with one attached hydrogen (secondary N) is 1. The molecule has 0 saturated heterocycles. The molecule has 0 spiro atoms. The Morgan fingerprint density at radius 1 is 1.10 bits per heavy atom. The Morgan fingerprint density at radius 3 is 2.85 bits per heavy atom. The Balaban J connectivity index is 1.65. The molecule has 1 heterocycles. The second-order valence-electron chi connectivity index (χ2n) is 5.22. The first-order valence-corrected chi connectivity index (χ1v) is 7.19. The van der Waals surface area contributed by atoms with Crippen LogP contribution in [0.2, 0.25) is 0 Å². The van der Waals surface area contributed by atoms with E-state index in [0.717, 1.165) is 23.7 Å². The van der Waals surface area contributed by atoms with Crippen molar-refractivity contribution in [3.05, 3.63) is 58.9 Å². The molecule has 2 aromatic rings. The molecule has 3 nitrogen and oxygen atoms in total. The van der Waals surface area contributed by atoms with Gasteiger partial charge in [0.15, 0.2) is 0 Å². The normalized spacial score (nSPS) is 13.2. The van der Waals surface area contributed by atoms with Crippen LogP contribution in [0.3, 0.4) is 0 Å². The van der Waals surface area contributed by atoms with E-state index in [-0.39, 0.29) is 0 Å². The first-order chi connectivity index (χ1) is 9.85. The summed E-state index contributed by atoms with van der Waals surface area (Å²) in [5.74, 6) is 0.950. The average molecular weight is 268 g/mol. The van der Waals surface area contributed by atoms with Crippen LogP contribution in [0, 0.1) is 0 Å². The molecule has 0 atom stereocenters. The quantitative estimate of drug-likeness (QED) is 0.905. The van der Waals surface area contributed by atoms with E-state index in [4.69, 9.17) is 4.74 Å². The van der Waals surface area contributed by atoms with Crippen molar-refractivity contribution in [3.63, 3.8) is 0 Å². The molecule has 0 saturated carbocycles. The lowest BCUT2D eigenvalue weighted by molar-refractivity contribution is 0.300. The zero-order chi connectivity index (χ0) is 13.8. The van der Waals surface area contributed by atoms with Crippen molar-refractivity contribution >= 4 is 0 Å². The molecule has 0 fully saturated rings. The molecular weight excluding hydrogens is 248 g/mol. The fraction of sp³-hybridized carbons (Fsp3) is 0.353. The van der Waals surface area contributed by atoms with Crippen molar-refractivity contribution in [2.75, 3.05) is 7.05 Å². The summed E-state index contributed by atoms with van der Waals surface area (Å²) >= 11 is 0. The molecule has 1 aromatic carbocycles.